The van der Waals surface area contributed by atoms with Crippen LogP contribution in [0.15, 0.2) is 40.4 Å². The molecule has 0 fully saturated rings. The van der Waals surface area contributed by atoms with Gasteiger partial charge < -0.3 is 10.6 Å². The lowest BCUT2D eigenvalue weighted by atomic mass is 10.0. The number of carbonyl (C=O) groups excluding carboxylic acids is 2. The van der Waals surface area contributed by atoms with E-state index in [1.165, 1.54) is 19.3 Å². The summed E-state index contributed by atoms with van der Waals surface area (Å²) in [7, 11) is 1.43. The smallest absolute Gasteiger partial charge is 0.355 e. The third-order valence-corrected chi connectivity index (χ3v) is 4.85. The molecule has 0 spiro atoms. The summed E-state index contributed by atoms with van der Waals surface area (Å²) in [5.74, 6) is -1.50. The summed E-state index contributed by atoms with van der Waals surface area (Å²) >= 11 is 6.16. The summed E-state index contributed by atoms with van der Waals surface area (Å²) in [6, 6.07) is 3.92. The molecule has 2 N–H and O–H groups in total. The zero-order valence-corrected chi connectivity index (χ0v) is 20.1. The lowest BCUT2D eigenvalue weighted by molar-refractivity contribution is -0.141. The van der Waals surface area contributed by atoms with E-state index in [0.29, 0.717) is 18.1 Å². The Labute approximate surface area is 200 Å². The van der Waals surface area contributed by atoms with Crippen molar-refractivity contribution in [1.82, 2.24) is 15.1 Å². The fourth-order valence-corrected chi connectivity index (χ4v) is 3.35. The number of aromatic nitrogens is 2. The molecule has 0 saturated heterocycles. The Kier molecular flexibility index (Phi) is 8.80. The number of aliphatic imine (C=N–C) groups is 1. The van der Waals surface area contributed by atoms with Crippen LogP contribution in [0.4, 0.5) is 18.9 Å². The molecule has 0 bridgehead atoms. The number of nitrogens with one attached hydrogen (secondary N) is 2. The van der Waals surface area contributed by atoms with Crippen LogP contribution in [0.3, 0.4) is 0 Å². The second kappa shape index (κ2) is 11.1. The van der Waals surface area contributed by atoms with Gasteiger partial charge in [-0.05, 0) is 37.1 Å². The van der Waals surface area contributed by atoms with Crippen molar-refractivity contribution in [3.63, 3.8) is 0 Å². The van der Waals surface area contributed by atoms with Gasteiger partial charge in [0.25, 0.3) is 11.8 Å². The highest BCUT2D eigenvalue weighted by atomic mass is 35.5. The lowest BCUT2D eigenvalue weighted by Gasteiger charge is -2.15. The van der Waals surface area contributed by atoms with E-state index in [4.69, 9.17) is 11.6 Å². The van der Waals surface area contributed by atoms with E-state index >= 15 is 0 Å². The van der Waals surface area contributed by atoms with Crippen molar-refractivity contribution in [3.8, 4) is 0 Å². The normalized spacial score (nSPS) is 13.2. The van der Waals surface area contributed by atoms with Gasteiger partial charge >= 0.3 is 6.18 Å². The molecule has 11 heteroatoms. The van der Waals surface area contributed by atoms with Crippen LogP contribution in [0.25, 0.3) is 5.82 Å². The van der Waals surface area contributed by atoms with Crippen LogP contribution in [0, 0.1) is 13.8 Å². The molecular formula is C23H25ClF3N5O2. The Bertz CT molecular complexity index is 1180. The number of halogens is 4. The van der Waals surface area contributed by atoms with Crippen molar-refractivity contribution in [1.29, 1.82) is 0 Å². The van der Waals surface area contributed by atoms with Gasteiger partial charge in [0.2, 0.25) is 0 Å². The van der Waals surface area contributed by atoms with Crippen LogP contribution in [0.1, 0.15) is 57.9 Å². The van der Waals surface area contributed by atoms with Gasteiger partial charge in [-0.1, -0.05) is 37.6 Å². The van der Waals surface area contributed by atoms with Crippen molar-refractivity contribution < 1.29 is 22.8 Å². The predicted octanol–water partition coefficient (Wildman–Crippen LogP) is 5.55. The Morgan fingerprint density at radius 3 is 2.41 bits per heavy atom. The van der Waals surface area contributed by atoms with E-state index < -0.39 is 29.4 Å². The fraction of sp³-hybridized carbons (Fsp3) is 0.304. The maximum absolute atomic E-state index is 13.4. The molecule has 34 heavy (non-hydrogen) atoms. The molecular weight excluding hydrogens is 471 g/mol. The van der Waals surface area contributed by atoms with Gasteiger partial charge in [0.15, 0.2) is 11.5 Å². The van der Waals surface area contributed by atoms with E-state index in [1.54, 1.807) is 32.1 Å². The van der Waals surface area contributed by atoms with Crippen LogP contribution in [0.5, 0.6) is 0 Å². The minimum Gasteiger partial charge on any atom is -0.355 e. The Balaban J connectivity index is 0.00000199. The maximum Gasteiger partial charge on any atom is 0.435 e. The summed E-state index contributed by atoms with van der Waals surface area (Å²) in [6.45, 7) is 7.45. The van der Waals surface area contributed by atoms with E-state index in [0.717, 1.165) is 10.2 Å². The van der Waals surface area contributed by atoms with Crippen molar-refractivity contribution in [2.24, 2.45) is 4.99 Å². The van der Waals surface area contributed by atoms with Gasteiger partial charge in [-0.25, -0.2) is 9.67 Å². The predicted molar refractivity (Wildman–Crippen MR) is 127 cm³/mol. The van der Waals surface area contributed by atoms with Gasteiger partial charge in [-0.15, -0.1) is 0 Å². The van der Waals surface area contributed by atoms with E-state index in [-0.39, 0.29) is 22.1 Å². The average molecular weight is 496 g/mol. The standard InChI is InChI=1S/C21H19ClF3N5O2.C2H6/c1-11-8-12(2)17(13(9-11)19(31)26-3)28-20(32)15-10-16(21(23,24)25)29-30(15)18-14(22)6-4-5-7-27-18;1-2/h4,6-10H,5H2,1-3H3,(H,26,31)(H,28,32);1-2H3. The number of anilines is 1. The topological polar surface area (TPSA) is 88.4 Å². The molecule has 2 aromatic rings. The largest absolute Gasteiger partial charge is 0.435 e. The maximum atomic E-state index is 13.4. The monoisotopic (exact) mass is 495 g/mol. The zero-order valence-electron chi connectivity index (χ0n) is 19.3. The molecule has 3 rings (SSSR count). The first-order valence-corrected chi connectivity index (χ1v) is 10.8. The third kappa shape index (κ3) is 5.93. The molecule has 0 radical (unpaired) electrons. The number of rotatable bonds is 4. The van der Waals surface area contributed by atoms with E-state index in [1.807, 2.05) is 13.8 Å². The summed E-state index contributed by atoms with van der Waals surface area (Å²) < 4.78 is 40.9. The molecule has 1 aliphatic heterocycles. The van der Waals surface area contributed by atoms with Crippen molar-refractivity contribution >= 4 is 41.1 Å². The minimum absolute atomic E-state index is 0.0159. The summed E-state index contributed by atoms with van der Waals surface area (Å²) in [5, 5.41) is 8.58. The van der Waals surface area contributed by atoms with Crippen molar-refractivity contribution in [2.75, 3.05) is 12.4 Å². The SMILES string of the molecule is CC.CNC(=O)c1cc(C)cc(C)c1NC(=O)c1cc(C(F)(F)F)nn1C1=C(Cl)C=CCC=N1. The highest BCUT2D eigenvalue weighted by Gasteiger charge is 2.37. The molecule has 2 heterocycles. The van der Waals surface area contributed by atoms with Gasteiger partial charge in [0, 0.05) is 25.7 Å². The molecule has 182 valence electrons. The highest BCUT2D eigenvalue weighted by molar-refractivity contribution is 6.33. The first-order chi connectivity index (χ1) is 16.0. The summed E-state index contributed by atoms with van der Waals surface area (Å²) in [6.07, 6.45) is 0.176. The van der Waals surface area contributed by atoms with Crippen molar-refractivity contribution in [2.45, 2.75) is 40.3 Å². The van der Waals surface area contributed by atoms with Crippen molar-refractivity contribution in [3.05, 3.63) is 63.5 Å². The van der Waals surface area contributed by atoms with Gasteiger partial charge in [0.05, 0.1) is 16.3 Å². The molecule has 7 nitrogen and oxygen atoms in total. The van der Waals surface area contributed by atoms with E-state index in [2.05, 4.69) is 20.7 Å². The lowest BCUT2D eigenvalue weighted by Crippen LogP contribution is -2.23. The number of benzene rings is 1. The second-order valence-electron chi connectivity index (χ2n) is 6.98. The Hall–Kier alpha value is -3.40. The zero-order chi connectivity index (χ0) is 25.6. The molecule has 1 aromatic heterocycles. The first-order valence-electron chi connectivity index (χ1n) is 10.4. The molecule has 1 aliphatic rings. The third-order valence-electron chi connectivity index (χ3n) is 4.56. The molecule has 0 aliphatic carbocycles. The molecule has 1 aromatic carbocycles. The van der Waals surface area contributed by atoms with Gasteiger partial charge in [-0.3, -0.25) is 9.59 Å². The average Bonchev–Trinajstić information content (AvgIpc) is 3.13. The number of hydrogen-bond donors (Lipinski definition) is 2. The van der Waals surface area contributed by atoms with Crippen LogP contribution < -0.4 is 10.6 Å². The summed E-state index contributed by atoms with van der Waals surface area (Å²) in [5.41, 5.74) is -0.0403. The number of hydrogen-bond acceptors (Lipinski definition) is 4. The number of amides is 2. The Morgan fingerprint density at radius 1 is 1.12 bits per heavy atom. The van der Waals surface area contributed by atoms with Crippen LogP contribution >= 0.6 is 11.6 Å². The van der Waals surface area contributed by atoms with Crippen LogP contribution in [-0.2, 0) is 6.18 Å². The number of allylic oxidation sites excluding steroid dienone is 3. The summed E-state index contributed by atoms with van der Waals surface area (Å²) in [4.78, 5) is 29.5. The molecule has 0 saturated carbocycles. The first kappa shape index (κ1) is 26.8. The Morgan fingerprint density at radius 2 is 1.79 bits per heavy atom. The molecule has 0 unspecified atom stereocenters. The number of nitrogens with zero attached hydrogens (tertiary/aromatic N) is 3. The number of alkyl halides is 3. The highest BCUT2D eigenvalue weighted by Crippen LogP contribution is 2.32. The van der Waals surface area contributed by atoms with E-state index in [9.17, 15) is 22.8 Å². The van der Waals surface area contributed by atoms with Crippen LogP contribution in [-0.4, -0.2) is 34.9 Å². The fourth-order valence-electron chi connectivity index (χ4n) is 3.13. The minimum atomic E-state index is -4.80. The van der Waals surface area contributed by atoms with Gasteiger partial charge in [-0.2, -0.15) is 18.3 Å². The molecule has 0 atom stereocenters. The second-order valence-corrected chi connectivity index (χ2v) is 7.39. The number of aryl methyl sites for hydroxylation is 2. The molecule has 2 amide bonds. The van der Waals surface area contributed by atoms with Gasteiger partial charge in [0.1, 0.15) is 5.69 Å². The quantitative estimate of drug-likeness (QED) is 0.582. The number of carbonyl (C=O) groups is 2. The van der Waals surface area contributed by atoms with Crippen LogP contribution in [0.2, 0.25) is 0 Å².